The van der Waals surface area contributed by atoms with E-state index in [-0.39, 0.29) is 0 Å². The summed E-state index contributed by atoms with van der Waals surface area (Å²) < 4.78 is 33.8. The van der Waals surface area contributed by atoms with Gasteiger partial charge in [-0.1, -0.05) is 33.6 Å². The third kappa shape index (κ3) is 7.93. The van der Waals surface area contributed by atoms with Gasteiger partial charge in [-0.25, -0.2) is 0 Å². The number of benzene rings is 2. The van der Waals surface area contributed by atoms with Gasteiger partial charge in [0.25, 0.3) is 0 Å². The summed E-state index contributed by atoms with van der Waals surface area (Å²) >= 11 is 0. The first-order valence-electron chi connectivity index (χ1n) is 12.4. The Kier molecular flexibility index (Phi) is 9.35. The number of aryl methyl sites for hydroxylation is 4. The molecule has 0 N–H and O–H groups in total. The molecule has 8 heteroatoms. The molecule has 4 aromatic rings. The van der Waals surface area contributed by atoms with Gasteiger partial charge in [-0.15, -0.1) is 0 Å². The third-order valence-corrected chi connectivity index (χ3v) is 5.64. The van der Waals surface area contributed by atoms with E-state index < -0.39 is 0 Å². The van der Waals surface area contributed by atoms with Crippen molar-refractivity contribution in [1.82, 2.24) is 10.3 Å². The highest BCUT2D eigenvalue weighted by Crippen LogP contribution is 2.38. The molecule has 0 aliphatic carbocycles. The molecular formula is C29H34N2O6. The maximum absolute atomic E-state index is 6.14. The average Bonchev–Trinajstić information content (AvgIpc) is 3.49. The van der Waals surface area contributed by atoms with Crippen LogP contribution in [0.5, 0.6) is 11.5 Å². The Morgan fingerprint density at radius 2 is 1.14 bits per heavy atom. The molecular weight excluding hydrogens is 472 g/mol. The van der Waals surface area contributed by atoms with Crippen molar-refractivity contribution in [2.75, 3.05) is 33.0 Å². The summed E-state index contributed by atoms with van der Waals surface area (Å²) in [6, 6.07) is 16.1. The Balaban J connectivity index is 1.33. The second kappa shape index (κ2) is 13.1. The van der Waals surface area contributed by atoms with Crippen LogP contribution in [0.25, 0.3) is 11.1 Å². The summed E-state index contributed by atoms with van der Waals surface area (Å²) in [5.74, 6) is 3.14. The monoisotopic (exact) mass is 506 g/mol. The van der Waals surface area contributed by atoms with E-state index in [9.17, 15) is 0 Å². The molecule has 0 saturated carbocycles. The van der Waals surface area contributed by atoms with Crippen LogP contribution in [-0.4, -0.2) is 43.3 Å². The molecule has 8 nitrogen and oxygen atoms in total. The minimum atomic E-state index is 0.387. The van der Waals surface area contributed by atoms with Crippen LogP contribution in [-0.2, 0) is 22.5 Å². The first-order chi connectivity index (χ1) is 18.0. The van der Waals surface area contributed by atoms with Crippen LogP contribution < -0.4 is 9.47 Å². The minimum absolute atomic E-state index is 0.387. The zero-order valence-corrected chi connectivity index (χ0v) is 21.9. The van der Waals surface area contributed by atoms with E-state index in [4.69, 9.17) is 28.0 Å². The standard InChI is InChI=1S/C29H34N2O6/c1-20-5-7-28(34-13-11-32-10-9-24-17-22(3)36-30-24)26(15-20)27-16-21(2)6-8-29(27)35-14-12-33-19-25-18-23(4)37-31-25/h5-8,15-18H,9-14,19H2,1-4H3. The maximum atomic E-state index is 6.14. The van der Waals surface area contributed by atoms with Crippen molar-refractivity contribution < 1.29 is 28.0 Å². The zero-order chi connectivity index (χ0) is 26.0. The van der Waals surface area contributed by atoms with Crippen molar-refractivity contribution in [1.29, 1.82) is 0 Å². The van der Waals surface area contributed by atoms with Gasteiger partial charge in [-0.2, -0.15) is 0 Å². The molecule has 2 aromatic carbocycles. The Bertz CT molecular complexity index is 1280. The number of rotatable bonds is 14. The van der Waals surface area contributed by atoms with Gasteiger partial charge in [-0.3, -0.25) is 0 Å². The average molecular weight is 507 g/mol. The lowest BCUT2D eigenvalue weighted by Crippen LogP contribution is -2.10. The highest BCUT2D eigenvalue weighted by atomic mass is 16.5. The molecule has 0 fully saturated rings. The van der Waals surface area contributed by atoms with Gasteiger partial charge >= 0.3 is 0 Å². The fourth-order valence-electron chi connectivity index (χ4n) is 3.86. The Labute approximate surface area is 217 Å². The van der Waals surface area contributed by atoms with Gasteiger partial charge in [0.1, 0.15) is 41.9 Å². The summed E-state index contributed by atoms with van der Waals surface area (Å²) in [4.78, 5) is 0. The normalized spacial score (nSPS) is 11.1. The highest BCUT2D eigenvalue weighted by molar-refractivity contribution is 5.77. The molecule has 0 amide bonds. The number of ether oxygens (including phenoxy) is 4. The van der Waals surface area contributed by atoms with E-state index in [1.54, 1.807) is 0 Å². The molecule has 0 aliphatic heterocycles. The topological polar surface area (TPSA) is 89.0 Å². The van der Waals surface area contributed by atoms with E-state index in [1.165, 1.54) is 0 Å². The van der Waals surface area contributed by atoms with Gasteiger partial charge in [0, 0.05) is 29.7 Å². The molecule has 2 aromatic heterocycles. The molecule has 37 heavy (non-hydrogen) atoms. The fraction of sp³-hybridized carbons (Fsp3) is 0.379. The van der Waals surface area contributed by atoms with Crippen molar-refractivity contribution in [3.05, 3.63) is 82.6 Å². The van der Waals surface area contributed by atoms with Crippen LogP contribution in [0.2, 0.25) is 0 Å². The minimum Gasteiger partial charge on any atom is -0.491 e. The Hall–Kier alpha value is -3.62. The molecule has 0 unspecified atom stereocenters. The van der Waals surface area contributed by atoms with Crippen LogP contribution in [0.4, 0.5) is 0 Å². The Morgan fingerprint density at radius 1 is 0.595 bits per heavy atom. The number of hydrogen-bond donors (Lipinski definition) is 0. The van der Waals surface area contributed by atoms with Crippen molar-refractivity contribution in [2.24, 2.45) is 0 Å². The molecule has 4 rings (SSSR count). The molecule has 0 saturated heterocycles. The molecule has 0 atom stereocenters. The van der Waals surface area contributed by atoms with Gasteiger partial charge in [0.05, 0.1) is 32.1 Å². The van der Waals surface area contributed by atoms with Crippen LogP contribution >= 0.6 is 0 Å². The predicted molar refractivity (Wildman–Crippen MR) is 139 cm³/mol. The molecule has 0 aliphatic rings. The van der Waals surface area contributed by atoms with E-state index in [1.807, 2.05) is 50.2 Å². The largest absolute Gasteiger partial charge is 0.491 e. The summed E-state index contributed by atoms with van der Waals surface area (Å²) in [5, 5.41) is 7.92. The van der Waals surface area contributed by atoms with Crippen LogP contribution in [0.1, 0.15) is 34.0 Å². The van der Waals surface area contributed by atoms with Gasteiger partial charge in [-0.05, 0) is 52.0 Å². The number of aromatic nitrogens is 2. The van der Waals surface area contributed by atoms with Gasteiger partial charge < -0.3 is 28.0 Å². The first kappa shape index (κ1) is 26.4. The SMILES string of the molecule is Cc1ccc(OCCOCCc2cc(C)on2)c(-c2cc(C)ccc2OCCOCc2cc(C)on2)c1. The highest BCUT2D eigenvalue weighted by Gasteiger charge is 2.14. The van der Waals surface area contributed by atoms with Crippen LogP contribution in [0.15, 0.2) is 57.6 Å². The number of hydrogen-bond acceptors (Lipinski definition) is 8. The summed E-state index contributed by atoms with van der Waals surface area (Å²) in [5.41, 5.74) is 5.90. The molecule has 2 heterocycles. The zero-order valence-electron chi connectivity index (χ0n) is 21.9. The van der Waals surface area contributed by atoms with E-state index in [0.717, 1.165) is 56.7 Å². The van der Waals surface area contributed by atoms with Crippen molar-refractivity contribution in [3.8, 4) is 22.6 Å². The predicted octanol–water partition coefficient (Wildman–Crippen LogP) is 5.80. The van der Waals surface area contributed by atoms with Crippen molar-refractivity contribution in [2.45, 2.75) is 40.7 Å². The van der Waals surface area contributed by atoms with Gasteiger partial charge in [0.15, 0.2) is 0 Å². The molecule has 0 bridgehead atoms. The summed E-state index contributed by atoms with van der Waals surface area (Å²) in [6.07, 6.45) is 0.707. The molecule has 196 valence electrons. The summed E-state index contributed by atoms with van der Waals surface area (Å²) in [6.45, 7) is 10.6. The lowest BCUT2D eigenvalue weighted by molar-refractivity contribution is 0.0854. The second-order valence-electron chi connectivity index (χ2n) is 8.97. The van der Waals surface area contributed by atoms with Crippen LogP contribution in [0.3, 0.4) is 0 Å². The summed E-state index contributed by atoms with van der Waals surface area (Å²) in [7, 11) is 0. The van der Waals surface area contributed by atoms with E-state index in [0.29, 0.717) is 46.1 Å². The quantitative estimate of drug-likeness (QED) is 0.198. The van der Waals surface area contributed by atoms with Crippen molar-refractivity contribution in [3.63, 3.8) is 0 Å². The lowest BCUT2D eigenvalue weighted by atomic mass is 9.99. The van der Waals surface area contributed by atoms with E-state index >= 15 is 0 Å². The third-order valence-electron chi connectivity index (χ3n) is 5.64. The van der Waals surface area contributed by atoms with E-state index in [2.05, 4.69) is 36.3 Å². The maximum Gasteiger partial charge on any atom is 0.134 e. The van der Waals surface area contributed by atoms with Gasteiger partial charge in [0.2, 0.25) is 0 Å². The Morgan fingerprint density at radius 3 is 1.68 bits per heavy atom. The smallest absolute Gasteiger partial charge is 0.134 e. The van der Waals surface area contributed by atoms with Crippen LogP contribution in [0, 0.1) is 27.7 Å². The second-order valence-corrected chi connectivity index (χ2v) is 8.97. The molecule has 0 spiro atoms. The molecule has 0 radical (unpaired) electrons. The number of nitrogens with zero attached hydrogens (tertiary/aromatic N) is 2. The lowest BCUT2D eigenvalue weighted by Gasteiger charge is -2.17. The first-order valence-corrected chi connectivity index (χ1v) is 12.4. The fourth-order valence-corrected chi connectivity index (χ4v) is 3.86. The van der Waals surface area contributed by atoms with Crippen molar-refractivity contribution >= 4 is 0 Å².